The van der Waals surface area contributed by atoms with Gasteiger partial charge in [-0.3, -0.25) is 9.59 Å². The van der Waals surface area contributed by atoms with Crippen LogP contribution in [0, 0.1) is 18.8 Å². The van der Waals surface area contributed by atoms with E-state index in [1.54, 1.807) is 0 Å². The van der Waals surface area contributed by atoms with E-state index in [9.17, 15) is 9.59 Å². The van der Waals surface area contributed by atoms with Gasteiger partial charge in [0.2, 0.25) is 5.91 Å². The molecule has 118 valence electrons. The van der Waals surface area contributed by atoms with Crippen LogP contribution in [0.15, 0.2) is 24.3 Å². The summed E-state index contributed by atoms with van der Waals surface area (Å²) >= 11 is 0. The van der Waals surface area contributed by atoms with E-state index in [0.717, 1.165) is 19.3 Å². The van der Waals surface area contributed by atoms with Crippen LogP contribution in [0.3, 0.4) is 0 Å². The topological polar surface area (TPSA) is 66.4 Å². The molecule has 2 atom stereocenters. The van der Waals surface area contributed by atoms with Crippen molar-refractivity contribution in [3.05, 3.63) is 35.4 Å². The summed E-state index contributed by atoms with van der Waals surface area (Å²) in [4.78, 5) is 23.3. The number of carbonyl (C=O) groups excluding carboxylic acids is 1. The van der Waals surface area contributed by atoms with Crippen molar-refractivity contribution in [2.45, 2.75) is 51.0 Å². The Labute approximate surface area is 130 Å². The smallest absolute Gasteiger partial charge is 0.306 e. The van der Waals surface area contributed by atoms with Crippen LogP contribution in [-0.4, -0.2) is 23.0 Å². The fourth-order valence-electron chi connectivity index (χ4n) is 3.62. The van der Waals surface area contributed by atoms with Crippen LogP contribution < -0.4 is 5.32 Å². The highest BCUT2D eigenvalue weighted by atomic mass is 16.4. The van der Waals surface area contributed by atoms with Gasteiger partial charge in [0.15, 0.2) is 0 Å². The number of hydrogen-bond donors (Lipinski definition) is 2. The van der Waals surface area contributed by atoms with Crippen molar-refractivity contribution >= 4 is 11.9 Å². The summed E-state index contributed by atoms with van der Waals surface area (Å²) in [6.45, 7) is 2.09. The second-order valence-corrected chi connectivity index (χ2v) is 6.70. The zero-order valence-electron chi connectivity index (χ0n) is 12.9. The molecule has 0 bridgehead atoms. The molecule has 2 aliphatic carbocycles. The van der Waals surface area contributed by atoms with E-state index in [-0.39, 0.29) is 23.8 Å². The van der Waals surface area contributed by atoms with Gasteiger partial charge in [-0.25, -0.2) is 0 Å². The van der Waals surface area contributed by atoms with E-state index < -0.39 is 5.97 Å². The molecule has 0 heterocycles. The Kier molecular flexibility index (Phi) is 4.19. The number of aliphatic carboxylic acids is 1. The van der Waals surface area contributed by atoms with Crippen LogP contribution in [0.4, 0.5) is 0 Å². The van der Waals surface area contributed by atoms with Crippen LogP contribution in [-0.2, 0) is 9.59 Å². The molecule has 0 saturated heterocycles. The molecule has 1 amide bonds. The third-order valence-electron chi connectivity index (χ3n) is 5.14. The number of rotatable bonds is 4. The van der Waals surface area contributed by atoms with Crippen LogP contribution in [0.25, 0.3) is 0 Å². The summed E-state index contributed by atoms with van der Waals surface area (Å²) in [6, 6.07) is 8.42. The molecule has 1 aromatic rings. The lowest BCUT2D eigenvalue weighted by atomic mass is 9.86. The standard InChI is InChI=1S/C18H23NO3/c1-11-4-2-3-5-14(11)15-10-16(15)17(20)19-13-8-6-12(7-9-13)18(21)22/h2-5,12-13,15-16H,6-10H2,1H3,(H,19,20)(H,21,22)/t12?,13?,15-,16-/m0/s1. The summed E-state index contributed by atoms with van der Waals surface area (Å²) < 4.78 is 0. The number of hydrogen-bond acceptors (Lipinski definition) is 2. The van der Waals surface area contributed by atoms with Crippen molar-refractivity contribution in [1.82, 2.24) is 5.32 Å². The number of aryl methyl sites for hydroxylation is 1. The van der Waals surface area contributed by atoms with Gasteiger partial charge in [-0.2, -0.15) is 0 Å². The lowest BCUT2D eigenvalue weighted by Crippen LogP contribution is -2.39. The van der Waals surface area contributed by atoms with Crippen molar-refractivity contribution < 1.29 is 14.7 Å². The van der Waals surface area contributed by atoms with Gasteiger partial charge in [0, 0.05) is 12.0 Å². The fourth-order valence-corrected chi connectivity index (χ4v) is 3.62. The lowest BCUT2D eigenvalue weighted by Gasteiger charge is -2.26. The number of carboxylic acids is 1. The van der Waals surface area contributed by atoms with E-state index in [4.69, 9.17) is 5.11 Å². The third-order valence-corrected chi connectivity index (χ3v) is 5.14. The average molecular weight is 301 g/mol. The quantitative estimate of drug-likeness (QED) is 0.898. The minimum Gasteiger partial charge on any atom is -0.481 e. The Morgan fingerprint density at radius 2 is 1.82 bits per heavy atom. The Balaban J connectivity index is 1.50. The molecule has 0 aromatic heterocycles. The van der Waals surface area contributed by atoms with Crippen molar-refractivity contribution in [2.75, 3.05) is 0 Å². The minimum absolute atomic E-state index is 0.0956. The van der Waals surface area contributed by atoms with E-state index in [0.29, 0.717) is 18.8 Å². The Bertz CT molecular complexity index is 575. The highest BCUT2D eigenvalue weighted by Gasteiger charge is 2.45. The molecule has 0 aliphatic heterocycles. The zero-order chi connectivity index (χ0) is 15.7. The molecule has 2 N–H and O–H groups in total. The third kappa shape index (κ3) is 3.16. The van der Waals surface area contributed by atoms with Crippen molar-refractivity contribution in [2.24, 2.45) is 11.8 Å². The average Bonchev–Trinajstić information content (AvgIpc) is 3.28. The van der Waals surface area contributed by atoms with Crippen LogP contribution >= 0.6 is 0 Å². The summed E-state index contributed by atoms with van der Waals surface area (Å²) in [5.74, 6) is -0.331. The highest BCUT2D eigenvalue weighted by Crippen LogP contribution is 2.48. The van der Waals surface area contributed by atoms with Crippen molar-refractivity contribution in [1.29, 1.82) is 0 Å². The Hall–Kier alpha value is -1.84. The summed E-state index contributed by atoms with van der Waals surface area (Å²) in [6.07, 6.45) is 3.84. The molecular weight excluding hydrogens is 278 g/mol. The number of amides is 1. The SMILES string of the molecule is Cc1ccccc1[C@@H]1C[C@@H]1C(=O)NC1CCC(C(=O)O)CC1. The number of benzene rings is 1. The minimum atomic E-state index is -0.702. The second-order valence-electron chi connectivity index (χ2n) is 6.70. The largest absolute Gasteiger partial charge is 0.481 e. The first-order chi connectivity index (χ1) is 10.6. The molecule has 2 fully saturated rings. The van der Waals surface area contributed by atoms with Gasteiger partial charge in [-0.05, 0) is 56.1 Å². The first kappa shape index (κ1) is 15.1. The summed E-state index contributed by atoms with van der Waals surface area (Å²) in [5.41, 5.74) is 2.54. The molecule has 22 heavy (non-hydrogen) atoms. The van der Waals surface area contributed by atoms with Gasteiger partial charge in [0.1, 0.15) is 0 Å². The molecule has 2 saturated carbocycles. The van der Waals surface area contributed by atoms with E-state index in [1.165, 1.54) is 11.1 Å². The lowest BCUT2D eigenvalue weighted by molar-refractivity contribution is -0.142. The van der Waals surface area contributed by atoms with Gasteiger partial charge in [-0.15, -0.1) is 0 Å². The van der Waals surface area contributed by atoms with Crippen LogP contribution in [0.5, 0.6) is 0 Å². The molecular formula is C18H23NO3. The predicted octanol–water partition coefficient (Wildman–Crippen LogP) is 2.86. The van der Waals surface area contributed by atoms with Crippen molar-refractivity contribution in [3.8, 4) is 0 Å². The molecule has 0 unspecified atom stereocenters. The monoisotopic (exact) mass is 301 g/mol. The van der Waals surface area contributed by atoms with Gasteiger partial charge >= 0.3 is 5.97 Å². The molecule has 3 rings (SSSR count). The number of nitrogens with one attached hydrogen (secondary N) is 1. The predicted molar refractivity (Wildman–Crippen MR) is 83.6 cm³/mol. The molecule has 4 heteroatoms. The van der Waals surface area contributed by atoms with Gasteiger partial charge in [-0.1, -0.05) is 24.3 Å². The zero-order valence-corrected chi connectivity index (χ0v) is 12.9. The normalized spacial score (nSPS) is 30.6. The first-order valence-electron chi connectivity index (χ1n) is 8.15. The van der Waals surface area contributed by atoms with E-state index >= 15 is 0 Å². The van der Waals surface area contributed by atoms with Crippen LogP contribution in [0.1, 0.15) is 49.1 Å². The van der Waals surface area contributed by atoms with Crippen molar-refractivity contribution in [3.63, 3.8) is 0 Å². The van der Waals surface area contributed by atoms with Crippen LogP contribution in [0.2, 0.25) is 0 Å². The molecule has 0 spiro atoms. The fraction of sp³-hybridized carbons (Fsp3) is 0.556. The van der Waals surface area contributed by atoms with E-state index in [2.05, 4.69) is 24.4 Å². The number of carbonyl (C=O) groups is 2. The van der Waals surface area contributed by atoms with E-state index in [1.807, 2.05) is 12.1 Å². The first-order valence-corrected chi connectivity index (χ1v) is 8.15. The maximum Gasteiger partial charge on any atom is 0.306 e. The summed E-state index contributed by atoms with van der Waals surface area (Å²) in [5, 5.41) is 12.1. The number of carboxylic acid groups (broad SMARTS) is 1. The molecule has 0 radical (unpaired) electrons. The Morgan fingerprint density at radius 1 is 1.14 bits per heavy atom. The molecule has 2 aliphatic rings. The van der Waals surface area contributed by atoms with Gasteiger partial charge in [0.05, 0.1) is 5.92 Å². The Morgan fingerprint density at radius 3 is 2.45 bits per heavy atom. The second kappa shape index (κ2) is 6.11. The maximum atomic E-state index is 12.4. The summed E-state index contributed by atoms with van der Waals surface area (Å²) in [7, 11) is 0. The van der Waals surface area contributed by atoms with Gasteiger partial charge < -0.3 is 10.4 Å². The van der Waals surface area contributed by atoms with Gasteiger partial charge in [0.25, 0.3) is 0 Å². The molecule has 4 nitrogen and oxygen atoms in total. The maximum absolute atomic E-state index is 12.4. The highest BCUT2D eigenvalue weighted by molar-refractivity contribution is 5.83. The molecule has 1 aromatic carbocycles.